The number of carbonyl (C=O) groups excluding carboxylic acids is 3. The van der Waals surface area contributed by atoms with Crippen molar-refractivity contribution in [3.05, 3.63) is 87.9 Å². The predicted octanol–water partition coefficient (Wildman–Crippen LogP) is 4.78. The molecule has 0 bridgehead atoms. The van der Waals surface area contributed by atoms with Crippen LogP contribution in [0.2, 0.25) is 10.0 Å². The van der Waals surface area contributed by atoms with Crippen LogP contribution in [0.5, 0.6) is 0 Å². The maximum Gasteiger partial charge on any atom is 0.252 e. The molecule has 1 aliphatic heterocycles. The van der Waals surface area contributed by atoms with Crippen LogP contribution in [0.1, 0.15) is 24.5 Å². The number of nitrogens with zero attached hydrogens (tertiary/aromatic N) is 2. The Labute approximate surface area is 224 Å². The van der Waals surface area contributed by atoms with Gasteiger partial charge in [0.2, 0.25) is 21.8 Å². The molecule has 1 N–H and O–H groups in total. The van der Waals surface area contributed by atoms with Crippen molar-refractivity contribution in [1.82, 2.24) is 4.31 Å². The molecule has 1 aliphatic rings. The lowest BCUT2D eigenvalue weighted by Crippen LogP contribution is -2.45. The average Bonchev–Trinajstić information content (AvgIpc) is 3.13. The Morgan fingerprint density at radius 1 is 1.03 bits per heavy atom. The molecule has 0 aromatic heterocycles. The zero-order valence-electron chi connectivity index (χ0n) is 19.9. The molecule has 1 unspecified atom stereocenters. The minimum absolute atomic E-state index is 0.0551. The van der Waals surface area contributed by atoms with E-state index in [1.165, 1.54) is 37.3 Å². The molecule has 0 aliphatic carbocycles. The second-order valence-corrected chi connectivity index (χ2v) is 11.3. The van der Waals surface area contributed by atoms with E-state index in [1.54, 1.807) is 24.3 Å². The summed E-state index contributed by atoms with van der Waals surface area (Å²) in [5.41, 5.74) is 2.37. The molecule has 3 aromatic rings. The van der Waals surface area contributed by atoms with Crippen LogP contribution < -0.4 is 10.2 Å². The van der Waals surface area contributed by atoms with Crippen LogP contribution in [-0.2, 0) is 31.0 Å². The maximum atomic E-state index is 13.9. The first-order chi connectivity index (χ1) is 17.5. The van der Waals surface area contributed by atoms with Crippen LogP contribution in [0.4, 0.5) is 11.4 Å². The highest BCUT2D eigenvalue weighted by Crippen LogP contribution is 2.34. The van der Waals surface area contributed by atoms with E-state index < -0.39 is 27.9 Å². The first-order valence-corrected chi connectivity index (χ1v) is 13.4. The summed E-state index contributed by atoms with van der Waals surface area (Å²) in [6, 6.07) is 16.1. The van der Waals surface area contributed by atoms with Gasteiger partial charge in [0, 0.05) is 24.2 Å². The molecular formula is C26H23Cl2N3O5S. The number of hydrogen-bond acceptors (Lipinski definition) is 5. The molecular weight excluding hydrogens is 537 g/mol. The molecule has 1 saturated heterocycles. The van der Waals surface area contributed by atoms with Crippen LogP contribution >= 0.6 is 23.2 Å². The quantitative estimate of drug-likeness (QED) is 0.419. The molecule has 0 spiro atoms. The minimum atomic E-state index is -4.36. The smallest absolute Gasteiger partial charge is 0.252 e. The van der Waals surface area contributed by atoms with Gasteiger partial charge in [0.25, 0.3) is 5.91 Å². The highest BCUT2D eigenvalue weighted by Gasteiger charge is 2.47. The van der Waals surface area contributed by atoms with E-state index in [1.807, 2.05) is 19.1 Å². The third-order valence-corrected chi connectivity index (χ3v) is 8.43. The van der Waals surface area contributed by atoms with Gasteiger partial charge in [-0.05, 0) is 55.0 Å². The van der Waals surface area contributed by atoms with Crippen molar-refractivity contribution in [3.8, 4) is 0 Å². The molecule has 0 saturated carbocycles. The standard InChI is InChI=1S/C26H23Cl2N3O5S/c1-16-3-5-18(6-4-16)15-30(37(35,36)24-13-19(27)7-12-22(24)28)23-14-25(33)31(26(23)34)21-10-8-20(9-11-21)29-17(2)32/h3-13,23H,14-15H2,1-2H3,(H,29,32). The number of hydrogen-bond donors (Lipinski definition) is 1. The van der Waals surface area contributed by atoms with Crippen LogP contribution in [0, 0.1) is 6.92 Å². The molecule has 1 atom stereocenters. The van der Waals surface area contributed by atoms with Gasteiger partial charge in [-0.25, -0.2) is 13.3 Å². The summed E-state index contributed by atoms with van der Waals surface area (Å²) in [6.45, 7) is 3.10. The van der Waals surface area contributed by atoms with Crippen molar-refractivity contribution < 1.29 is 22.8 Å². The van der Waals surface area contributed by atoms with Crippen LogP contribution in [0.15, 0.2) is 71.6 Å². The fourth-order valence-corrected chi connectivity index (χ4v) is 6.36. The van der Waals surface area contributed by atoms with E-state index in [4.69, 9.17) is 23.2 Å². The van der Waals surface area contributed by atoms with Crippen molar-refractivity contribution in [2.75, 3.05) is 10.2 Å². The highest BCUT2D eigenvalue weighted by atomic mass is 35.5. The van der Waals surface area contributed by atoms with E-state index >= 15 is 0 Å². The summed E-state index contributed by atoms with van der Waals surface area (Å²) in [6.07, 6.45) is -0.352. The molecule has 1 fully saturated rings. The molecule has 37 heavy (non-hydrogen) atoms. The summed E-state index contributed by atoms with van der Waals surface area (Å²) in [5.74, 6) is -1.51. The lowest BCUT2D eigenvalue weighted by atomic mass is 10.1. The lowest BCUT2D eigenvalue weighted by Gasteiger charge is -2.27. The van der Waals surface area contributed by atoms with Gasteiger partial charge in [-0.1, -0.05) is 53.0 Å². The molecule has 3 amide bonds. The third kappa shape index (κ3) is 5.70. The highest BCUT2D eigenvalue weighted by molar-refractivity contribution is 7.89. The molecule has 3 aromatic carbocycles. The van der Waals surface area contributed by atoms with Gasteiger partial charge >= 0.3 is 0 Å². The molecule has 4 rings (SSSR count). The van der Waals surface area contributed by atoms with Gasteiger partial charge in [-0.3, -0.25) is 14.4 Å². The summed E-state index contributed by atoms with van der Waals surface area (Å²) in [7, 11) is -4.36. The summed E-state index contributed by atoms with van der Waals surface area (Å²) in [5, 5.41) is 2.72. The largest absolute Gasteiger partial charge is 0.326 e. The average molecular weight is 560 g/mol. The van der Waals surface area contributed by atoms with Crippen molar-refractivity contribution in [2.45, 2.75) is 37.8 Å². The molecule has 11 heteroatoms. The SMILES string of the molecule is CC(=O)Nc1ccc(N2C(=O)CC(N(Cc3ccc(C)cc3)S(=O)(=O)c3cc(Cl)ccc3Cl)C2=O)cc1. The number of benzene rings is 3. The Balaban J connectivity index is 1.73. The topological polar surface area (TPSA) is 104 Å². The molecule has 8 nitrogen and oxygen atoms in total. The number of carbonyl (C=O) groups is 3. The van der Waals surface area contributed by atoms with Crippen molar-refractivity contribution >= 4 is 62.3 Å². The normalized spacial score (nSPS) is 15.9. The second-order valence-electron chi connectivity index (χ2n) is 8.63. The maximum absolute atomic E-state index is 13.9. The Morgan fingerprint density at radius 2 is 1.68 bits per heavy atom. The second kappa shape index (κ2) is 10.6. The van der Waals surface area contributed by atoms with E-state index in [2.05, 4.69) is 5.32 Å². The Morgan fingerprint density at radius 3 is 2.30 bits per heavy atom. The van der Waals surface area contributed by atoms with Gasteiger partial charge < -0.3 is 5.32 Å². The number of sulfonamides is 1. The Kier molecular flexibility index (Phi) is 7.70. The number of imide groups is 1. The van der Waals surface area contributed by atoms with Crippen LogP contribution in [0.3, 0.4) is 0 Å². The van der Waals surface area contributed by atoms with E-state index in [0.717, 1.165) is 14.8 Å². The fourth-order valence-electron chi connectivity index (χ4n) is 4.05. The number of rotatable bonds is 7. The van der Waals surface area contributed by atoms with Crippen LogP contribution in [0.25, 0.3) is 0 Å². The fraction of sp³-hybridized carbons (Fsp3) is 0.192. The number of anilines is 2. The monoisotopic (exact) mass is 559 g/mol. The minimum Gasteiger partial charge on any atom is -0.326 e. The zero-order valence-corrected chi connectivity index (χ0v) is 22.3. The Bertz CT molecular complexity index is 1480. The van der Waals surface area contributed by atoms with Gasteiger partial charge in [-0.2, -0.15) is 4.31 Å². The number of nitrogens with one attached hydrogen (secondary N) is 1. The molecule has 0 radical (unpaired) electrons. The van der Waals surface area contributed by atoms with E-state index in [0.29, 0.717) is 11.3 Å². The van der Waals surface area contributed by atoms with Crippen molar-refractivity contribution in [3.63, 3.8) is 0 Å². The van der Waals surface area contributed by atoms with Gasteiger partial charge in [0.1, 0.15) is 10.9 Å². The summed E-state index contributed by atoms with van der Waals surface area (Å²) < 4.78 is 28.7. The predicted molar refractivity (Wildman–Crippen MR) is 142 cm³/mol. The number of aryl methyl sites for hydroxylation is 1. The zero-order chi connectivity index (χ0) is 26.9. The first kappa shape index (κ1) is 26.8. The van der Waals surface area contributed by atoms with Crippen molar-refractivity contribution in [2.24, 2.45) is 0 Å². The van der Waals surface area contributed by atoms with Crippen molar-refractivity contribution in [1.29, 1.82) is 0 Å². The van der Waals surface area contributed by atoms with Crippen LogP contribution in [-0.4, -0.2) is 36.5 Å². The van der Waals surface area contributed by atoms with Gasteiger partial charge in [0.05, 0.1) is 17.1 Å². The Hall–Kier alpha value is -3.24. The number of amides is 3. The number of halogens is 2. The molecule has 192 valence electrons. The first-order valence-electron chi connectivity index (χ1n) is 11.2. The summed E-state index contributed by atoms with van der Waals surface area (Å²) >= 11 is 12.3. The third-order valence-electron chi connectivity index (χ3n) is 5.86. The lowest BCUT2D eigenvalue weighted by molar-refractivity contribution is -0.122. The van der Waals surface area contributed by atoms with E-state index in [-0.39, 0.29) is 39.5 Å². The summed E-state index contributed by atoms with van der Waals surface area (Å²) in [4.78, 5) is 38.6. The van der Waals surface area contributed by atoms with Gasteiger partial charge in [-0.15, -0.1) is 0 Å². The van der Waals surface area contributed by atoms with E-state index in [9.17, 15) is 22.8 Å². The molecule has 1 heterocycles. The van der Waals surface area contributed by atoms with Gasteiger partial charge in [0.15, 0.2) is 0 Å².